The van der Waals surface area contributed by atoms with Gasteiger partial charge in [0.15, 0.2) is 0 Å². The van der Waals surface area contributed by atoms with E-state index in [0.29, 0.717) is 0 Å². The molecule has 0 spiro atoms. The third-order valence-electron chi connectivity index (χ3n) is 3.61. The summed E-state index contributed by atoms with van der Waals surface area (Å²) in [6.07, 6.45) is 0. The molecule has 0 radical (unpaired) electrons. The normalized spacial score (nSPS) is 14.7. The van der Waals surface area contributed by atoms with Crippen molar-refractivity contribution in [3.05, 3.63) is 30.1 Å². The van der Waals surface area contributed by atoms with Crippen molar-refractivity contribution >= 4 is 16.9 Å². The third kappa shape index (κ3) is 2.67. The summed E-state index contributed by atoms with van der Waals surface area (Å²) in [7, 11) is 1.98. The van der Waals surface area contributed by atoms with E-state index in [2.05, 4.69) is 10.3 Å². The van der Waals surface area contributed by atoms with Gasteiger partial charge < -0.3 is 10.3 Å². The van der Waals surface area contributed by atoms with E-state index in [-0.39, 0.29) is 23.9 Å². The Kier molecular flexibility index (Phi) is 4.09. The number of hydrogen-bond acceptors (Lipinski definition) is 3. The number of carbonyl (C=O) groups is 1. The maximum atomic E-state index is 11.5. The second-order valence-corrected chi connectivity index (χ2v) is 5.53. The zero-order valence-electron chi connectivity index (χ0n) is 12.4. The van der Waals surface area contributed by atoms with Crippen LogP contribution in [-0.4, -0.2) is 21.5 Å². The van der Waals surface area contributed by atoms with Crippen LogP contribution in [0.1, 0.15) is 32.6 Å². The van der Waals surface area contributed by atoms with Crippen LogP contribution in [0.15, 0.2) is 24.3 Å². The Balaban J connectivity index is 2.29. The monoisotopic (exact) mass is 274 g/mol. The summed E-state index contributed by atoms with van der Waals surface area (Å²) < 4.78 is 2.05. The van der Waals surface area contributed by atoms with Crippen molar-refractivity contribution in [1.82, 2.24) is 14.9 Å². The van der Waals surface area contributed by atoms with Crippen LogP contribution in [0.3, 0.4) is 0 Å². The van der Waals surface area contributed by atoms with E-state index in [1.165, 1.54) is 0 Å². The lowest BCUT2D eigenvalue weighted by Crippen LogP contribution is -2.46. The van der Waals surface area contributed by atoms with Gasteiger partial charge in [-0.1, -0.05) is 26.0 Å². The number of para-hydroxylation sites is 2. The fourth-order valence-corrected chi connectivity index (χ4v) is 2.50. The Hall–Kier alpha value is -1.88. The van der Waals surface area contributed by atoms with Gasteiger partial charge in [0.1, 0.15) is 5.82 Å². The van der Waals surface area contributed by atoms with Gasteiger partial charge in [-0.15, -0.1) is 0 Å². The van der Waals surface area contributed by atoms with Crippen LogP contribution in [0.5, 0.6) is 0 Å². The molecule has 1 aromatic carbocycles. The number of nitrogens with one attached hydrogen (secondary N) is 1. The van der Waals surface area contributed by atoms with Crippen molar-refractivity contribution in [2.45, 2.75) is 32.9 Å². The summed E-state index contributed by atoms with van der Waals surface area (Å²) in [6.45, 7) is 5.95. The second kappa shape index (κ2) is 5.63. The Morgan fingerprint density at radius 1 is 1.30 bits per heavy atom. The molecule has 0 saturated heterocycles. The van der Waals surface area contributed by atoms with Gasteiger partial charge in [0.05, 0.1) is 23.1 Å². The maximum absolute atomic E-state index is 11.5. The number of amides is 1. The standard InChI is InChI=1S/C15H22N4O/c1-9(2)13(14(16)20)17-10(3)15-18-11-7-5-6-8-12(11)19(15)4/h5-10,13,17H,1-4H3,(H2,16,20). The van der Waals surface area contributed by atoms with Gasteiger partial charge >= 0.3 is 0 Å². The van der Waals surface area contributed by atoms with Gasteiger partial charge in [-0.2, -0.15) is 0 Å². The molecule has 0 aliphatic heterocycles. The topological polar surface area (TPSA) is 72.9 Å². The van der Waals surface area contributed by atoms with Crippen molar-refractivity contribution in [3.63, 3.8) is 0 Å². The highest BCUT2D eigenvalue weighted by Crippen LogP contribution is 2.20. The minimum atomic E-state index is -0.357. The number of aromatic nitrogens is 2. The molecular formula is C15H22N4O. The number of aryl methyl sites for hydroxylation is 1. The van der Waals surface area contributed by atoms with E-state index < -0.39 is 0 Å². The Bertz CT molecular complexity index is 617. The highest BCUT2D eigenvalue weighted by atomic mass is 16.1. The quantitative estimate of drug-likeness (QED) is 0.872. The number of primary amides is 1. The summed E-state index contributed by atoms with van der Waals surface area (Å²) in [4.78, 5) is 16.1. The van der Waals surface area contributed by atoms with Gasteiger partial charge in [-0.05, 0) is 25.0 Å². The van der Waals surface area contributed by atoms with Crippen LogP contribution < -0.4 is 11.1 Å². The SMILES string of the molecule is CC(NC(C(N)=O)C(C)C)c1nc2ccccc2n1C. The summed E-state index contributed by atoms with van der Waals surface area (Å²) in [5, 5.41) is 3.28. The zero-order valence-corrected chi connectivity index (χ0v) is 12.4. The number of hydrogen-bond donors (Lipinski definition) is 2. The van der Waals surface area contributed by atoms with Crippen molar-refractivity contribution in [1.29, 1.82) is 0 Å². The molecule has 0 bridgehead atoms. The lowest BCUT2D eigenvalue weighted by Gasteiger charge is -2.23. The molecule has 2 atom stereocenters. The number of fused-ring (bicyclic) bond motifs is 1. The number of carbonyl (C=O) groups excluding carboxylic acids is 1. The fourth-order valence-electron chi connectivity index (χ4n) is 2.50. The van der Waals surface area contributed by atoms with E-state index in [0.717, 1.165) is 16.9 Å². The largest absolute Gasteiger partial charge is 0.368 e. The Morgan fingerprint density at radius 2 is 1.95 bits per heavy atom. The first-order chi connectivity index (χ1) is 9.41. The van der Waals surface area contributed by atoms with Crippen LogP contribution in [0.2, 0.25) is 0 Å². The number of benzene rings is 1. The molecule has 0 saturated carbocycles. The average molecular weight is 274 g/mol. The molecule has 108 valence electrons. The molecule has 0 aliphatic carbocycles. The summed E-state index contributed by atoms with van der Waals surface area (Å²) in [6, 6.07) is 7.58. The Morgan fingerprint density at radius 3 is 2.50 bits per heavy atom. The number of nitrogens with two attached hydrogens (primary N) is 1. The Labute approximate surface area is 119 Å². The molecule has 2 rings (SSSR count). The van der Waals surface area contributed by atoms with Crippen LogP contribution >= 0.6 is 0 Å². The van der Waals surface area contributed by atoms with Crippen LogP contribution in [0, 0.1) is 5.92 Å². The first kappa shape index (κ1) is 14.5. The predicted molar refractivity (Wildman–Crippen MR) is 80.1 cm³/mol. The minimum absolute atomic E-state index is 0.0488. The first-order valence-electron chi connectivity index (χ1n) is 6.88. The molecule has 5 heteroatoms. The molecule has 2 unspecified atom stereocenters. The van der Waals surface area contributed by atoms with Gasteiger partial charge in [0.25, 0.3) is 0 Å². The summed E-state index contributed by atoms with van der Waals surface area (Å²) >= 11 is 0. The maximum Gasteiger partial charge on any atom is 0.234 e. The molecule has 5 nitrogen and oxygen atoms in total. The molecule has 0 fully saturated rings. The number of nitrogens with zero attached hydrogens (tertiary/aromatic N) is 2. The molecule has 2 aromatic rings. The molecular weight excluding hydrogens is 252 g/mol. The van der Waals surface area contributed by atoms with Crippen LogP contribution in [-0.2, 0) is 11.8 Å². The molecule has 1 amide bonds. The van der Waals surface area contributed by atoms with Crippen LogP contribution in [0.4, 0.5) is 0 Å². The number of rotatable bonds is 5. The highest BCUT2D eigenvalue weighted by Gasteiger charge is 2.24. The van der Waals surface area contributed by atoms with Gasteiger partial charge in [0.2, 0.25) is 5.91 Å². The van der Waals surface area contributed by atoms with E-state index in [9.17, 15) is 4.79 Å². The minimum Gasteiger partial charge on any atom is -0.368 e. The van der Waals surface area contributed by atoms with E-state index in [1.807, 2.05) is 56.7 Å². The second-order valence-electron chi connectivity index (χ2n) is 5.53. The average Bonchev–Trinajstić information content (AvgIpc) is 2.73. The van der Waals surface area contributed by atoms with E-state index in [1.54, 1.807) is 0 Å². The fraction of sp³-hybridized carbons (Fsp3) is 0.467. The lowest BCUT2D eigenvalue weighted by molar-refractivity contribution is -0.121. The third-order valence-corrected chi connectivity index (χ3v) is 3.61. The molecule has 1 aromatic heterocycles. The van der Waals surface area contributed by atoms with Gasteiger partial charge in [-0.3, -0.25) is 10.1 Å². The van der Waals surface area contributed by atoms with Crippen molar-refractivity contribution in [2.24, 2.45) is 18.7 Å². The summed E-state index contributed by atoms with van der Waals surface area (Å²) in [5.74, 6) is 0.716. The van der Waals surface area contributed by atoms with Gasteiger partial charge in [0, 0.05) is 7.05 Å². The highest BCUT2D eigenvalue weighted by molar-refractivity contribution is 5.80. The van der Waals surface area contributed by atoms with Crippen molar-refractivity contribution in [2.75, 3.05) is 0 Å². The molecule has 20 heavy (non-hydrogen) atoms. The van der Waals surface area contributed by atoms with Crippen LogP contribution in [0.25, 0.3) is 11.0 Å². The molecule has 3 N–H and O–H groups in total. The van der Waals surface area contributed by atoms with Crippen molar-refractivity contribution < 1.29 is 4.79 Å². The first-order valence-corrected chi connectivity index (χ1v) is 6.88. The zero-order chi connectivity index (χ0) is 14.9. The summed E-state index contributed by atoms with van der Waals surface area (Å²) in [5.41, 5.74) is 7.49. The predicted octanol–water partition coefficient (Wildman–Crippen LogP) is 1.73. The van der Waals surface area contributed by atoms with E-state index in [4.69, 9.17) is 5.73 Å². The number of imidazole rings is 1. The van der Waals surface area contributed by atoms with E-state index >= 15 is 0 Å². The lowest BCUT2D eigenvalue weighted by atomic mass is 10.0. The molecule has 1 heterocycles. The molecule has 0 aliphatic rings. The van der Waals surface area contributed by atoms with Gasteiger partial charge in [-0.25, -0.2) is 4.98 Å². The smallest absolute Gasteiger partial charge is 0.234 e. The van der Waals surface area contributed by atoms with Crippen molar-refractivity contribution in [3.8, 4) is 0 Å².